The summed E-state index contributed by atoms with van der Waals surface area (Å²) in [5, 5.41) is 0. The molecule has 8 heteroatoms. The third kappa shape index (κ3) is 4.06. The number of benzene rings is 2. The van der Waals surface area contributed by atoms with E-state index in [2.05, 4.69) is 0 Å². The second-order valence-electron chi connectivity index (χ2n) is 5.68. The highest BCUT2D eigenvalue weighted by Gasteiger charge is 2.40. The minimum Gasteiger partial charge on any atom is -0.497 e. The molecule has 0 aliphatic carbocycles. The molecule has 27 heavy (non-hydrogen) atoms. The van der Waals surface area contributed by atoms with Crippen molar-refractivity contribution in [3.8, 4) is 11.5 Å². The van der Waals surface area contributed by atoms with Gasteiger partial charge in [-0.2, -0.15) is 0 Å². The van der Waals surface area contributed by atoms with Gasteiger partial charge in [-0.05, 0) is 23.8 Å². The van der Waals surface area contributed by atoms with Crippen molar-refractivity contribution >= 4 is 16.9 Å². The molecule has 0 fully saturated rings. The summed E-state index contributed by atoms with van der Waals surface area (Å²) in [4.78, 5) is 12.8. The van der Waals surface area contributed by atoms with E-state index < -0.39 is 23.0 Å². The molecule has 1 aliphatic heterocycles. The van der Waals surface area contributed by atoms with Crippen LogP contribution in [-0.4, -0.2) is 24.2 Å². The molecule has 0 amide bonds. The lowest BCUT2D eigenvalue weighted by Crippen LogP contribution is -2.14. The number of ketones is 1. The van der Waals surface area contributed by atoms with Crippen LogP contribution in [0.25, 0.3) is 0 Å². The zero-order valence-electron chi connectivity index (χ0n) is 14.8. The van der Waals surface area contributed by atoms with Gasteiger partial charge in [0, 0.05) is 5.56 Å². The van der Waals surface area contributed by atoms with Crippen molar-refractivity contribution in [1.29, 1.82) is 0 Å². The van der Waals surface area contributed by atoms with E-state index in [0.29, 0.717) is 17.1 Å². The maximum Gasteiger partial charge on any atom is 0.249 e. The van der Waals surface area contributed by atoms with Gasteiger partial charge in [-0.25, -0.2) is 4.21 Å². The van der Waals surface area contributed by atoms with E-state index in [4.69, 9.17) is 24.1 Å². The predicted molar refractivity (Wildman–Crippen MR) is 99.0 cm³/mol. The van der Waals surface area contributed by atoms with E-state index in [1.165, 1.54) is 14.2 Å². The van der Waals surface area contributed by atoms with E-state index in [-0.39, 0.29) is 17.4 Å². The van der Waals surface area contributed by atoms with Crippen LogP contribution in [0, 0.1) is 0 Å². The zero-order valence-corrected chi connectivity index (χ0v) is 15.7. The third-order valence-corrected chi connectivity index (χ3v) is 4.88. The topological polar surface area (TPSA) is 97.1 Å². The highest BCUT2D eigenvalue weighted by Crippen LogP contribution is 2.38. The van der Waals surface area contributed by atoms with Gasteiger partial charge >= 0.3 is 0 Å². The normalized spacial score (nSPS) is 17.4. The van der Waals surface area contributed by atoms with Crippen molar-refractivity contribution in [1.82, 2.24) is 0 Å². The molecule has 0 aromatic heterocycles. The number of hydrogen-bond donors (Lipinski definition) is 1. The van der Waals surface area contributed by atoms with Crippen LogP contribution in [0.3, 0.4) is 0 Å². The van der Waals surface area contributed by atoms with Gasteiger partial charge in [0.1, 0.15) is 11.5 Å². The second kappa shape index (κ2) is 8.13. The zero-order chi connectivity index (χ0) is 19.4. The highest BCUT2D eigenvalue weighted by molar-refractivity contribution is 7.79. The number of methoxy groups -OCH3 is 2. The maximum absolute atomic E-state index is 12.8. The number of Topliss-reactive ketones (excluding diaryl/α,β-unsaturated/α-hetero) is 1. The molecule has 2 aromatic carbocycles. The Balaban J connectivity index is 1.77. The Hall–Kier alpha value is -3.00. The molecule has 2 atom stereocenters. The van der Waals surface area contributed by atoms with Crippen molar-refractivity contribution in [2.75, 3.05) is 14.2 Å². The van der Waals surface area contributed by atoms with Gasteiger partial charge in [0.25, 0.3) is 0 Å². The van der Waals surface area contributed by atoms with Gasteiger partial charge < -0.3 is 24.1 Å². The molecule has 1 heterocycles. The van der Waals surface area contributed by atoms with E-state index in [1.807, 2.05) is 30.3 Å². The third-order valence-electron chi connectivity index (χ3n) is 3.95. The summed E-state index contributed by atoms with van der Waals surface area (Å²) in [6.07, 6.45) is -1.06. The molecule has 2 unspecified atom stereocenters. The Morgan fingerprint density at radius 3 is 2.52 bits per heavy atom. The van der Waals surface area contributed by atoms with Crippen LogP contribution < -0.4 is 15.2 Å². The molecule has 2 aromatic rings. The molecule has 7 nitrogen and oxygen atoms in total. The monoisotopic (exact) mass is 389 g/mol. The highest BCUT2D eigenvalue weighted by atomic mass is 32.2. The van der Waals surface area contributed by atoms with Crippen molar-refractivity contribution in [3.63, 3.8) is 0 Å². The summed E-state index contributed by atoms with van der Waals surface area (Å²) in [5.74, 6) is 0.102. The first-order valence-electron chi connectivity index (χ1n) is 8.06. The fourth-order valence-corrected chi connectivity index (χ4v) is 3.51. The number of carbonyl (C=O) groups is 1. The molecule has 0 saturated heterocycles. The van der Waals surface area contributed by atoms with Gasteiger partial charge in [0.15, 0.2) is 6.10 Å². The fraction of sp³-hybridized carbons (Fsp3) is 0.211. The molecular weight excluding hydrogens is 370 g/mol. The van der Waals surface area contributed by atoms with Gasteiger partial charge in [-0.15, -0.1) is 0 Å². The largest absolute Gasteiger partial charge is 0.497 e. The Bertz CT molecular complexity index is 896. The van der Waals surface area contributed by atoms with E-state index in [9.17, 15) is 9.00 Å². The van der Waals surface area contributed by atoms with Gasteiger partial charge in [0.05, 0.1) is 20.0 Å². The molecule has 0 saturated carbocycles. The Morgan fingerprint density at radius 1 is 1.11 bits per heavy atom. The molecule has 3 rings (SSSR count). The van der Waals surface area contributed by atoms with Crippen LogP contribution in [0.15, 0.2) is 60.2 Å². The van der Waals surface area contributed by atoms with Crippen LogP contribution in [-0.2, 0) is 30.5 Å². The second-order valence-corrected chi connectivity index (χ2v) is 6.74. The van der Waals surface area contributed by atoms with Crippen molar-refractivity contribution in [3.05, 3.63) is 71.3 Å². The molecule has 142 valence electrons. The summed E-state index contributed by atoms with van der Waals surface area (Å²) in [6, 6.07) is 14.1. The van der Waals surface area contributed by atoms with Gasteiger partial charge in [-0.3, -0.25) is 4.79 Å². The fourth-order valence-electron chi connectivity index (χ4n) is 2.64. The van der Waals surface area contributed by atoms with Crippen molar-refractivity contribution in [2.24, 2.45) is 5.73 Å². The number of rotatable bonds is 7. The number of carbonyl (C=O) groups excluding carboxylic acids is 1. The quantitative estimate of drug-likeness (QED) is 0.776. The van der Waals surface area contributed by atoms with Crippen LogP contribution in [0.5, 0.6) is 11.5 Å². The van der Waals surface area contributed by atoms with Crippen molar-refractivity contribution in [2.45, 2.75) is 11.9 Å². The molecular formula is C19H19NO6S. The Morgan fingerprint density at radius 2 is 1.85 bits per heavy atom. The summed E-state index contributed by atoms with van der Waals surface area (Å²) in [7, 11) is 2.99. The lowest BCUT2D eigenvalue weighted by Gasteiger charge is -2.15. The number of hydrogen-bond acceptors (Lipinski definition) is 7. The summed E-state index contributed by atoms with van der Waals surface area (Å²) >= 11 is -1.78. The lowest BCUT2D eigenvalue weighted by atomic mass is 10.0. The molecule has 0 spiro atoms. The van der Waals surface area contributed by atoms with E-state index >= 15 is 0 Å². The minimum atomic E-state index is -1.78. The number of ether oxygens (including phenoxy) is 3. The first-order valence-corrected chi connectivity index (χ1v) is 9.31. The van der Waals surface area contributed by atoms with Crippen LogP contribution in [0.1, 0.15) is 17.2 Å². The minimum absolute atomic E-state index is 0.123. The van der Waals surface area contributed by atoms with Crippen molar-refractivity contribution < 1.29 is 27.4 Å². The molecule has 2 N–H and O–H groups in total. The molecule has 1 aliphatic rings. The lowest BCUT2D eigenvalue weighted by molar-refractivity contribution is -0.123. The van der Waals surface area contributed by atoms with Gasteiger partial charge in [0.2, 0.25) is 28.5 Å². The summed E-state index contributed by atoms with van der Waals surface area (Å²) in [5.41, 5.74) is 7.06. The first-order chi connectivity index (χ1) is 13.0. The standard InChI is InChI=1S/C19H19NO6S/c1-23-13-8-9-15(24-2)14(10-13)17-16(21)18(19(20)25-17)26-27(22)11-12-6-4-3-5-7-12/h3-10,17H,11,20H2,1-2H3. The maximum atomic E-state index is 12.8. The van der Waals surface area contributed by atoms with E-state index in [1.54, 1.807) is 18.2 Å². The molecule has 0 bridgehead atoms. The Labute approximate surface area is 159 Å². The average Bonchev–Trinajstić information content (AvgIpc) is 2.96. The smallest absolute Gasteiger partial charge is 0.249 e. The number of nitrogens with two attached hydrogens (primary N) is 1. The predicted octanol–water partition coefficient (Wildman–Crippen LogP) is 2.35. The summed E-state index contributed by atoms with van der Waals surface area (Å²) in [6.45, 7) is 0. The van der Waals surface area contributed by atoms with Gasteiger partial charge in [-0.1, -0.05) is 30.3 Å². The average molecular weight is 389 g/mol. The van der Waals surface area contributed by atoms with Crippen LogP contribution in [0.2, 0.25) is 0 Å². The Kier molecular flexibility index (Phi) is 5.66. The van der Waals surface area contributed by atoms with Crippen LogP contribution >= 0.6 is 0 Å². The van der Waals surface area contributed by atoms with E-state index in [0.717, 1.165) is 5.56 Å². The SMILES string of the molecule is COc1ccc(OC)c(C2OC(N)=C(OS(=O)Cc3ccccc3)C2=O)c1. The molecule has 0 radical (unpaired) electrons. The summed E-state index contributed by atoms with van der Waals surface area (Å²) < 4.78 is 33.5. The first kappa shape index (κ1) is 18.8. The van der Waals surface area contributed by atoms with Crippen LogP contribution in [0.4, 0.5) is 0 Å².